The van der Waals surface area contributed by atoms with Gasteiger partial charge in [-0.25, -0.2) is 29.2 Å². The second kappa shape index (κ2) is 19.4. The first-order valence-corrected chi connectivity index (χ1v) is 13.2. The summed E-state index contributed by atoms with van der Waals surface area (Å²) in [5, 5.41) is 52.5. The van der Waals surface area contributed by atoms with Gasteiger partial charge in [-0.15, -0.1) is 0 Å². The van der Waals surface area contributed by atoms with Gasteiger partial charge in [0, 0.05) is 7.11 Å². The molecule has 0 aromatic rings. The van der Waals surface area contributed by atoms with Crippen LogP contribution in [0.3, 0.4) is 0 Å². The molecule has 0 spiro atoms. The molecule has 1 aliphatic heterocycles. The smallest absolute Gasteiger partial charge is 0.506 e. The number of carbonyl (C=O) groups is 3. The van der Waals surface area contributed by atoms with Crippen molar-refractivity contribution in [2.75, 3.05) is 34.0 Å². The van der Waals surface area contributed by atoms with Crippen molar-refractivity contribution in [3.8, 4) is 0 Å². The van der Waals surface area contributed by atoms with Crippen LogP contribution in [0.25, 0.3) is 0 Å². The number of nitrogens with two attached hydrogens (primary N) is 1. The zero-order valence-electron chi connectivity index (χ0n) is 24.3. The molecule has 1 rings (SSSR count). The standard InChI is InChI=1S/C24H42N2O17/c1-5-6-7-10-37-23(31)38-13-8-9-14(22(30)26-11-13)39-18(20(28)24(2,12-27)35-3)16(41-33)15(40-32)17(42-34)19(21(25)29)43-36-4/h13-17,19,27-28,32-34H,5-12H2,1-4H3,(H2,25,29)(H,26,30)/b20-18+. The number of amides is 2. The van der Waals surface area contributed by atoms with E-state index in [1.165, 1.54) is 6.92 Å². The number of methoxy groups -OCH3 is 1. The molecule has 8 N–H and O–H groups in total. The summed E-state index contributed by atoms with van der Waals surface area (Å²) in [4.78, 5) is 58.8. The number of ether oxygens (including phenoxy) is 4. The minimum atomic E-state index is -2.24. The summed E-state index contributed by atoms with van der Waals surface area (Å²) in [6.45, 7) is 2.31. The van der Waals surface area contributed by atoms with Crippen molar-refractivity contribution in [2.45, 2.75) is 88.2 Å². The van der Waals surface area contributed by atoms with Crippen molar-refractivity contribution >= 4 is 18.0 Å². The van der Waals surface area contributed by atoms with Crippen LogP contribution in [0.1, 0.15) is 46.0 Å². The minimum absolute atomic E-state index is 0.0431. The molecule has 19 nitrogen and oxygen atoms in total. The molecule has 1 aliphatic rings. The summed E-state index contributed by atoms with van der Waals surface area (Å²) in [7, 11) is 2.06. The number of primary amides is 1. The molecule has 43 heavy (non-hydrogen) atoms. The maximum absolute atomic E-state index is 12.9. The first-order valence-electron chi connectivity index (χ1n) is 13.2. The zero-order valence-corrected chi connectivity index (χ0v) is 24.3. The molecular weight excluding hydrogens is 588 g/mol. The Bertz CT molecular complexity index is 899. The van der Waals surface area contributed by atoms with Crippen molar-refractivity contribution in [1.29, 1.82) is 0 Å². The molecule has 7 atom stereocenters. The molecule has 1 fully saturated rings. The largest absolute Gasteiger partial charge is 0.508 e. The Morgan fingerprint density at radius 2 is 1.70 bits per heavy atom. The normalized spacial score (nSPS) is 22.1. The third-order valence-corrected chi connectivity index (χ3v) is 6.55. The molecule has 0 radical (unpaired) electrons. The quantitative estimate of drug-likeness (QED) is 0.0310. The third-order valence-electron chi connectivity index (χ3n) is 6.55. The number of unbranched alkanes of at least 4 members (excludes halogenated alkanes) is 2. The van der Waals surface area contributed by atoms with Crippen LogP contribution in [0.15, 0.2) is 11.5 Å². The van der Waals surface area contributed by atoms with Crippen molar-refractivity contribution in [3.63, 3.8) is 0 Å². The highest BCUT2D eigenvalue weighted by molar-refractivity contribution is 5.81. The topological polar surface area (TPSA) is 273 Å². The van der Waals surface area contributed by atoms with Crippen molar-refractivity contribution in [1.82, 2.24) is 5.32 Å². The molecule has 7 unspecified atom stereocenters. The molecule has 0 aromatic carbocycles. The average Bonchev–Trinajstić information content (AvgIpc) is 3.17. The molecule has 0 aromatic heterocycles. The van der Waals surface area contributed by atoms with Crippen LogP contribution in [0.5, 0.6) is 0 Å². The van der Waals surface area contributed by atoms with Gasteiger partial charge in [-0.1, -0.05) is 19.8 Å². The number of hydrogen-bond donors (Lipinski definition) is 7. The second-order valence-corrected chi connectivity index (χ2v) is 9.53. The predicted octanol–water partition coefficient (Wildman–Crippen LogP) is 0.167. The highest BCUT2D eigenvalue weighted by Crippen LogP contribution is 2.31. The lowest BCUT2D eigenvalue weighted by Gasteiger charge is -2.34. The Balaban J connectivity index is 3.38. The Morgan fingerprint density at radius 3 is 2.21 bits per heavy atom. The van der Waals surface area contributed by atoms with E-state index in [-0.39, 0.29) is 26.0 Å². The van der Waals surface area contributed by atoms with E-state index in [0.29, 0.717) is 6.42 Å². The second-order valence-electron chi connectivity index (χ2n) is 9.53. The number of rotatable bonds is 20. The van der Waals surface area contributed by atoms with Crippen LogP contribution in [0.4, 0.5) is 4.79 Å². The lowest BCUT2D eigenvalue weighted by atomic mass is 9.96. The van der Waals surface area contributed by atoms with E-state index in [9.17, 15) is 40.4 Å². The lowest BCUT2D eigenvalue weighted by molar-refractivity contribution is -0.419. The number of carbonyl (C=O) groups excluding carboxylic acids is 3. The first-order chi connectivity index (χ1) is 20.5. The van der Waals surface area contributed by atoms with Gasteiger partial charge < -0.3 is 40.2 Å². The van der Waals surface area contributed by atoms with Crippen LogP contribution in [0.2, 0.25) is 0 Å². The van der Waals surface area contributed by atoms with E-state index in [0.717, 1.165) is 27.1 Å². The Hall–Kier alpha value is -2.85. The van der Waals surface area contributed by atoms with Gasteiger partial charge in [-0.3, -0.25) is 25.4 Å². The molecule has 250 valence electrons. The Morgan fingerprint density at radius 1 is 1.05 bits per heavy atom. The van der Waals surface area contributed by atoms with Gasteiger partial charge in [0.2, 0.25) is 6.10 Å². The van der Waals surface area contributed by atoms with Crippen molar-refractivity contribution in [2.24, 2.45) is 5.73 Å². The van der Waals surface area contributed by atoms with Gasteiger partial charge in [-0.2, -0.15) is 0 Å². The Kier molecular flexibility index (Phi) is 17.3. The van der Waals surface area contributed by atoms with Crippen molar-refractivity contribution in [3.05, 3.63) is 11.5 Å². The number of aliphatic hydroxyl groups is 2. The van der Waals surface area contributed by atoms with Crippen molar-refractivity contribution < 1.29 is 83.8 Å². The molecule has 1 heterocycles. The molecule has 19 heteroatoms. The number of hydrogen-bond acceptors (Lipinski definition) is 17. The van der Waals surface area contributed by atoms with Crippen LogP contribution in [0, 0.1) is 0 Å². The summed E-state index contributed by atoms with van der Waals surface area (Å²) in [6.07, 6.45) is -9.54. The fourth-order valence-corrected chi connectivity index (χ4v) is 3.90. The van der Waals surface area contributed by atoms with Gasteiger partial charge in [0.05, 0.1) is 26.9 Å². The van der Waals surface area contributed by atoms with Crippen LogP contribution in [-0.2, 0) is 53.0 Å². The zero-order chi connectivity index (χ0) is 32.6. The monoisotopic (exact) mass is 630 g/mol. The van der Waals surface area contributed by atoms with Gasteiger partial charge in [0.15, 0.2) is 35.9 Å². The summed E-state index contributed by atoms with van der Waals surface area (Å²) >= 11 is 0. The van der Waals surface area contributed by atoms with Gasteiger partial charge in [0.25, 0.3) is 11.8 Å². The fraction of sp³-hybridized carbons (Fsp3) is 0.792. The SMILES string of the molecule is CCCCCOC(=O)OC1CCC(O/C(=C(/O)C(C)(CO)OC)C(OO)C(OO)C(OO)C(OOC)C(N)=O)C(=O)NC1. The molecule has 1 saturated heterocycles. The van der Waals surface area contributed by atoms with Gasteiger partial charge >= 0.3 is 6.16 Å². The number of nitrogens with one attached hydrogen (secondary N) is 1. The van der Waals surface area contributed by atoms with E-state index in [2.05, 4.69) is 29.8 Å². The summed E-state index contributed by atoms with van der Waals surface area (Å²) < 4.78 is 21.1. The Labute approximate surface area is 247 Å². The van der Waals surface area contributed by atoms with E-state index >= 15 is 0 Å². The molecular formula is C24H42N2O17. The van der Waals surface area contributed by atoms with Crippen LogP contribution in [-0.4, -0.2) is 120 Å². The molecule has 0 saturated carbocycles. The fourth-order valence-electron chi connectivity index (χ4n) is 3.90. The van der Waals surface area contributed by atoms with E-state index in [1.807, 2.05) is 6.92 Å². The molecule has 0 aliphatic carbocycles. The summed E-state index contributed by atoms with van der Waals surface area (Å²) in [5.74, 6) is -3.97. The molecule has 0 bridgehead atoms. The van der Waals surface area contributed by atoms with E-state index < -0.39 is 78.3 Å². The van der Waals surface area contributed by atoms with E-state index in [1.54, 1.807) is 0 Å². The van der Waals surface area contributed by atoms with Gasteiger partial charge in [-0.05, 0) is 26.2 Å². The predicted molar refractivity (Wildman–Crippen MR) is 139 cm³/mol. The van der Waals surface area contributed by atoms with Gasteiger partial charge in [0.1, 0.15) is 11.7 Å². The maximum Gasteiger partial charge on any atom is 0.508 e. The highest BCUT2D eigenvalue weighted by atomic mass is 17.2. The summed E-state index contributed by atoms with van der Waals surface area (Å²) in [6, 6.07) is 0. The third kappa shape index (κ3) is 11.0. The highest BCUT2D eigenvalue weighted by Gasteiger charge is 2.49. The van der Waals surface area contributed by atoms with Crippen LogP contribution >= 0.6 is 0 Å². The maximum atomic E-state index is 12.9. The van der Waals surface area contributed by atoms with Crippen LogP contribution < -0.4 is 11.1 Å². The average molecular weight is 631 g/mol. The molecule has 2 amide bonds. The van der Waals surface area contributed by atoms with E-state index in [4.69, 9.17) is 24.7 Å². The number of aliphatic hydroxyl groups excluding tert-OH is 2. The lowest BCUT2D eigenvalue weighted by Crippen LogP contribution is -2.54. The first kappa shape index (κ1) is 38.2. The minimum Gasteiger partial charge on any atom is -0.506 e. The summed E-state index contributed by atoms with van der Waals surface area (Å²) in [5.41, 5.74) is 3.27.